The van der Waals surface area contributed by atoms with Gasteiger partial charge in [0.15, 0.2) is 15.7 Å². The highest BCUT2D eigenvalue weighted by molar-refractivity contribution is 7.96. The number of aromatic amines is 1. The van der Waals surface area contributed by atoms with Gasteiger partial charge in [0.05, 0.1) is 16.8 Å². The van der Waals surface area contributed by atoms with E-state index in [-0.39, 0.29) is 22.8 Å². The molecule has 1 fully saturated rings. The fourth-order valence-electron chi connectivity index (χ4n) is 4.19. The summed E-state index contributed by atoms with van der Waals surface area (Å²) in [7, 11) is -3.73. The highest BCUT2D eigenvalue weighted by Crippen LogP contribution is 2.27. The molecule has 3 amide bonds. The van der Waals surface area contributed by atoms with Crippen LogP contribution in [-0.4, -0.2) is 82.6 Å². The predicted octanol–water partition coefficient (Wildman–Crippen LogP) is 1.42. The summed E-state index contributed by atoms with van der Waals surface area (Å²) >= 11 is 12.0. The SMILES string of the molecule is CC(C)(C)C(NC(=O)c1ccc(N)c(Cl)c1)C(=O)N1CCC[C@@H]1C(=O)N[C@H](/C=C(\Cl)S(C)(=O)=O)Cc1nnn[nH]1. The molecule has 3 rings (SSSR count). The van der Waals surface area contributed by atoms with E-state index >= 15 is 0 Å². The first-order valence-electron chi connectivity index (χ1n) is 12.3. The number of nitrogen functional groups attached to an aromatic ring is 1. The van der Waals surface area contributed by atoms with E-state index < -0.39 is 55.5 Å². The number of nitrogens with zero attached hydrogens (tertiary/aromatic N) is 4. The third kappa shape index (κ3) is 7.92. The summed E-state index contributed by atoms with van der Waals surface area (Å²) in [5.74, 6) is -1.17. The highest BCUT2D eigenvalue weighted by Gasteiger charge is 2.42. The van der Waals surface area contributed by atoms with Gasteiger partial charge in [-0.15, -0.1) is 5.10 Å². The molecule has 40 heavy (non-hydrogen) atoms. The van der Waals surface area contributed by atoms with E-state index in [0.29, 0.717) is 25.1 Å². The second-order valence-electron chi connectivity index (χ2n) is 10.6. The number of amides is 3. The summed E-state index contributed by atoms with van der Waals surface area (Å²) in [5.41, 5.74) is 5.58. The molecule has 0 spiro atoms. The summed E-state index contributed by atoms with van der Waals surface area (Å²) in [5, 5.41) is 19.1. The molecular formula is C24H32Cl2N8O5S. The van der Waals surface area contributed by atoms with Crippen molar-refractivity contribution in [2.24, 2.45) is 5.41 Å². The number of rotatable bonds is 9. The normalized spacial score (nSPS) is 17.8. The molecule has 0 aliphatic carbocycles. The number of nitrogens with one attached hydrogen (secondary N) is 3. The van der Waals surface area contributed by atoms with Crippen LogP contribution in [0.15, 0.2) is 28.6 Å². The monoisotopic (exact) mass is 614 g/mol. The van der Waals surface area contributed by atoms with E-state index in [1.54, 1.807) is 20.8 Å². The van der Waals surface area contributed by atoms with E-state index in [4.69, 9.17) is 28.9 Å². The third-order valence-electron chi connectivity index (χ3n) is 6.31. The molecule has 1 saturated heterocycles. The third-order valence-corrected chi connectivity index (χ3v) is 8.44. The van der Waals surface area contributed by atoms with Crippen molar-refractivity contribution in [3.63, 3.8) is 0 Å². The lowest BCUT2D eigenvalue weighted by Gasteiger charge is -2.35. The smallest absolute Gasteiger partial charge is 0.252 e. The van der Waals surface area contributed by atoms with Gasteiger partial charge in [-0.05, 0) is 53.0 Å². The molecule has 13 nitrogen and oxygen atoms in total. The molecule has 2 aromatic rings. The maximum Gasteiger partial charge on any atom is 0.252 e. The van der Waals surface area contributed by atoms with Gasteiger partial charge in [0, 0.05) is 24.8 Å². The van der Waals surface area contributed by atoms with Crippen LogP contribution in [0.25, 0.3) is 0 Å². The minimum absolute atomic E-state index is 0.0238. The number of tetrazole rings is 1. The van der Waals surface area contributed by atoms with Gasteiger partial charge in [0.1, 0.15) is 16.4 Å². The van der Waals surface area contributed by atoms with Crippen LogP contribution in [0.4, 0.5) is 5.69 Å². The van der Waals surface area contributed by atoms with Crippen molar-refractivity contribution in [1.82, 2.24) is 36.2 Å². The number of aromatic nitrogens is 4. The van der Waals surface area contributed by atoms with Gasteiger partial charge in [-0.1, -0.05) is 44.0 Å². The summed E-state index contributed by atoms with van der Waals surface area (Å²) < 4.78 is 23.3. The second-order valence-corrected chi connectivity index (χ2v) is 13.6. The first kappa shape index (κ1) is 31.3. The van der Waals surface area contributed by atoms with Crippen LogP contribution in [0, 0.1) is 5.41 Å². The first-order valence-corrected chi connectivity index (χ1v) is 15.0. The predicted molar refractivity (Wildman–Crippen MR) is 150 cm³/mol. The number of halogens is 2. The number of hydrogen-bond donors (Lipinski definition) is 4. The number of anilines is 1. The minimum atomic E-state index is -3.73. The lowest BCUT2D eigenvalue weighted by Crippen LogP contribution is -2.58. The van der Waals surface area contributed by atoms with Gasteiger partial charge >= 0.3 is 0 Å². The Morgan fingerprint density at radius 2 is 1.98 bits per heavy atom. The zero-order valence-corrected chi connectivity index (χ0v) is 24.8. The maximum atomic E-state index is 13.8. The summed E-state index contributed by atoms with van der Waals surface area (Å²) in [6.07, 6.45) is 3.08. The number of carbonyl (C=O) groups excluding carboxylic acids is 3. The Morgan fingerprint density at radius 3 is 2.55 bits per heavy atom. The van der Waals surface area contributed by atoms with Crippen molar-refractivity contribution < 1.29 is 22.8 Å². The van der Waals surface area contributed by atoms with E-state index in [1.165, 1.54) is 29.2 Å². The van der Waals surface area contributed by atoms with Crippen LogP contribution in [-0.2, 0) is 25.8 Å². The molecule has 2 heterocycles. The average molecular weight is 616 g/mol. The van der Waals surface area contributed by atoms with Gasteiger partial charge in [0.2, 0.25) is 11.8 Å². The van der Waals surface area contributed by atoms with Crippen molar-refractivity contribution in [3.05, 3.63) is 45.0 Å². The Labute approximate surface area is 242 Å². The standard InChI is InChI=1S/C24H32Cl2N8O5S/c1-24(2,3)20(29-21(35)13-7-8-16(27)15(25)10-13)23(37)34-9-5-6-17(34)22(36)28-14(11-18(26)40(4,38)39)12-19-30-32-33-31-19/h7-8,10-11,14,17,20H,5-6,9,12,27H2,1-4H3,(H,28,36)(H,29,35)(H,30,31,32,33)/b18-11+/t14-,17-,20?/m1/s1. The van der Waals surface area contributed by atoms with E-state index in [0.717, 1.165) is 6.26 Å². The van der Waals surface area contributed by atoms with E-state index in [2.05, 4.69) is 31.3 Å². The zero-order chi connectivity index (χ0) is 29.8. The first-order chi connectivity index (χ1) is 18.6. The van der Waals surface area contributed by atoms with Crippen molar-refractivity contribution in [3.8, 4) is 0 Å². The van der Waals surface area contributed by atoms with E-state index in [9.17, 15) is 22.8 Å². The molecule has 1 unspecified atom stereocenters. The molecule has 0 saturated carbocycles. The summed E-state index contributed by atoms with van der Waals surface area (Å²) in [6.45, 7) is 5.70. The van der Waals surface area contributed by atoms with Crippen molar-refractivity contribution in [2.45, 2.75) is 58.2 Å². The van der Waals surface area contributed by atoms with Gasteiger partial charge in [-0.3, -0.25) is 14.4 Å². The Bertz CT molecular complexity index is 1390. The highest BCUT2D eigenvalue weighted by atomic mass is 35.5. The van der Waals surface area contributed by atoms with Gasteiger partial charge in [-0.2, -0.15) is 0 Å². The van der Waals surface area contributed by atoms with Crippen LogP contribution < -0.4 is 16.4 Å². The fourth-order valence-corrected chi connectivity index (χ4v) is 4.93. The molecule has 0 radical (unpaired) electrons. The van der Waals surface area contributed by atoms with Crippen LogP contribution in [0.1, 0.15) is 49.8 Å². The average Bonchev–Trinajstić information content (AvgIpc) is 3.54. The Balaban J connectivity index is 1.81. The molecule has 1 aromatic carbocycles. The summed E-state index contributed by atoms with van der Waals surface area (Å²) in [6, 6.07) is 1.70. The number of likely N-dealkylation sites (tertiary alicyclic amines) is 1. The zero-order valence-electron chi connectivity index (χ0n) is 22.4. The fraction of sp³-hybridized carbons (Fsp3) is 0.500. The number of sulfone groups is 1. The van der Waals surface area contributed by atoms with Crippen molar-refractivity contribution >= 4 is 56.4 Å². The quantitative estimate of drug-likeness (QED) is 0.302. The van der Waals surface area contributed by atoms with Gasteiger partial charge in [-0.25, -0.2) is 13.5 Å². The Morgan fingerprint density at radius 1 is 1.27 bits per heavy atom. The number of carbonyl (C=O) groups is 3. The molecule has 218 valence electrons. The van der Waals surface area contributed by atoms with Crippen LogP contribution in [0.3, 0.4) is 0 Å². The molecule has 5 N–H and O–H groups in total. The summed E-state index contributed by atoms with van der Waals surface area (Å²) in [4.78, 5) is 41.7. The van der Waals surface area contributed by atoms with E-state index in [1.807, 2.05) is 0 Å². The van der Waals surface area contributed by atoms with Gasteiger partial charge in [0.25, 0.3) is 5.91 Å². The maximum absolute atomic E-state index is 13.8. The molecule has 1 aliphatic rings. The Hall–Kier alpha value is -3.23. The van der Waals surface area contributed by atoms with Crippen LogP contribution in [0.2, 0.25) is 5.02 Å². The number of H-pyrrole nitrogens is 1. The largest absolute Gasteiger partial charge is 0.398 e. The molecular weight excluding hydrogens is 583 g/mol. The number of benzene rings is 1. The lowest BCUT2D eigenvalue weighted by molar-refractivity contribution is -0.142. The van der Waals surface area contributed by atoms with Crippen LogP contribution in [0.5, 0.6) is 0 Å². The Kier molecular flexibility index (Phi) is 9.80. The van der Waals surface area contributed by atoms with Crippen molar-refractivity contribution in [2.75, 3.05) is 18.5 Å². The van der Waals surface area contributed by atoms with Crippen LogP contribution >= 0.6 is 23.2 Å². The topological polar surface area (TPSA) is 193 Å². The minimum Gasteiger partial charge on any atom is -0.398 e. The number of hydrogen-bond acceptors (Lipinski definition) is 9. The lowest BCUT2D eigenvalue weighted by atomic mass is 9.85. The second kappa shape index (κ2) is 12.5. The molecule has 3 atom stereocenters. The molecule has 16 heteroatoms. The number of nitrogens with two attached hydrogens (primary N) is 1. The molecule has 1 aliphatic heterocycles. The molecule has 0 bridgehead atoms. The van der Waals surface area contributed by atoms with Gasteiger partial charge < -0.3 is 21.3 Å². The molecule has 1 aromatic heterocycles. The van der Waals surface area contributed by atoms with Crippen molar-refractivity contribution in [1.29, 1.82) is 0 Å².